The molecule has 2 aromatic heterocycles. The van der Waals surface area contributed by atoms with Gasteiger partial charge >= 0.3 is 5.97 Å². The summed E-state index contributed by atoms with van der Waals surface area (Å²) in [5.41, 5.74) is 7.53. The second-order valence-corrected chi connectivity index (χ2v) is 5.53. The number of ether oxygens (including phenoxy) is 1. The Hall–Kier alpha value is -2.18. The highest BCUT2D eigenvalue weighted by Gasteiger charge is 2.30. The molecule has 2 N–H and O–H groups in total. The number of fused-ring (bicyclic) bond motifs is 1. The van der Waals surface area contributed by atoms with Crippen LogP contribution < -0.4 is 5.73 Å². The van der Waals surface area contributed by atoms with Crippen LogP contribution in [0.4, 0.5) is 5.82 Å². The molecule has 7 heteroatoms. The molecule has 7 nitrogen and oxygen atoms in total. The van der Waals surface area contributed by atoms with E-state index in [1.807, 2.05) is 6.92 Å². The fourth-order valence-corrected chi connectivity index (χ4v) is 3.17. The average Bonchev–Trinajstić information content (AvgIpc) is 2.85. The van der Waals surface area contributed by atoms with Crippen LogP contribution in [-0.4, -0.2) is 32.7 Å². The van der Waals surface area contributed by atoms with Gasteiger partial charge < -0.3 is 10.5 Å². The first-order valence-corrected chi connectivity index (χ1v) is 7.15. The second-order valence-electron chi connectivity index (χ2n) is 5.53. The van der Waals surface area contributed by atoms with Gasteiger partial charge in [0.15, 0.2) is 5.82 Å². The van der Waals surface area contributed by atoms with Gasteiger partial charge in [-0.25, -0.2) is 14.5 Å². The lowest BCUT2D eigenvalue weighted by Crippen LogP contribution is -2.23. The predicted molar refractivity (Wildman–Crippen MR) is 76.6 cm³/mol. The summed E-state index contributed by atoms with van der Waals surface area (Å²) in [5, 5.41) is 4.28. The minimum Gasteiger partial charge on any atom is -0.469 e. The lowest BCUT2D eigenvalue weighted by Gasteiger charge is -2.25. The van der Waals surface area contributed by atoms with E-state index in [0.717, 1.165) is 42.7 Å². The number of hydrogen-bond donors (Lipinski definition) is 1. The third-order valence-electron chi connectivity index (χ3n) is 4.29. The van der Waals surface area contributed by atoms with E-state index in [2.05, 4.69) is 15.1 Å². The average molecular weight is 289 g/mol. The number of carbonyl (C=O) groups excluding carboxylic acids is 1. The second kappa shape index (κ2) is 5.31. The maximum absolute atomic E-state index is 11.6. The molecule has 0 aromatic carbocycles. The Morgan fingerprint density at radius 1 is 1.38 bits per heavy atom. The Labute approximate surface area is 122 Å². The maximum atomic E-state index is 11.6. The molecule has 0 radical (unpaired) electrons. The van der Waals surface area contributed by atoms with Gasteiger partial charge in [-0.05, 0) is 32.6 Å². The van der Waals surface area contributed by atoms with Crippen molar-refractivity contribution < 1.29 is 9.53 Å². The van der Waals surface area contributed by atoms with Crippen LogP contribution in [0.3, 0.4) is 0 Å². The van der Waals surface area contributed by atoms with Gasteiger partial charge in [0, 0.05) is 5.92 Å². The lowest BCUT2D eigenvalue weighted by atomic mass is 9.81. The van der Waals surface area contributed by atoms with Crippen molar-refractivity contribution in [3.05, 3.63) is 17.8 Å². The van der Waals surface area contributed by atoms with Gasteiger partial charge in [-0.15, -0.1) is 0 Å². The number of nitrogens with zero attached hydrogens (tertiary/aromatic N) is 4. The molecule has 0 saturated heterocycles. The normalized spacial score (nSPS) is 22.4. The van der Waals surface area contributed by atoms with E-state index in [1.165, 1.54) is 13.4 Å². The largest absolute Gasteiger partial charge is 0.469 e. The first kappa shape index (κ1) is 13.8. The quantitative estimate of drug-likeness (QED) is 0.841. The van der Waals surface area contributed by atoms with Crippen LogP contribution in [0, 0.1) is 12.8 Å². The topological polar surface area (TPSA) is 95.4 Å². The number of nitrogens with two attached hydrogens (primary N) is 1. The van der Waals surface area contributed by atoms with Crippen molar-refractivity contribution in [3.63, 3.8) is 0 Å². The summed E-state index contributed by atoms with van der Waals surface area (Å²) in [6.07, 6.45) is 4.91. The summed E-state index contributed by atoms with van der Waals surface area (Å²) in [4.78, 5) is 20.2. The standard InChI is InChI=1S/C14H19N5O2/c1-8-11-12(15)16-7-17-19(11)13(18-8)9-3-5-10(6-4-9)14(20)21-2/h7,9-10H,3-6H2,1-2H3,(H2,15,16,17)/t9-,10-. The van der Waals surface area contributed by atoms with Crippen LogP contribution in [0.5, 0.6) is 0 Å². The van der Waals surface area contributed by atoms with Gasteiger partial charge in [0.2, 0.25) is 0 Å². The fourth-order valence-electron chi connectivity index (χ4n) is 3.17. The highest BCUT2D eigenvalue weighted by molar-refractivity contribution is 5.72. The molecule has 0 spiro atoms. The van der Waals surface area contributed by atoms with Crippen LogP contribution in [-0.2, 0) is 9.53 Å². The Bertz CT molecular complexity index is 673. The van der Waals surface area contributed by atoms with E-state index >= 15 is 0 Å². The molecule has 2 heterocycles. The summed E-state index contributed by atoms with van der Waals surface area (Å²) < 4.78 is 6.62. The molecule has 21 heavy (non-hydrogen) atoms. The van der Waals surface area contributed by atoms with Crippen molar-refractivity contribution >= 4 is 17.3 Å². The van der Waals surface area contributed by atoms with E-state index in [9.17, 15) is 4.79 Å². The van der Waals surface area contributed by atoms with E-state index in [1.54, 1.807) is 4.52 Å². The summed E-state index contributed by atoms with van der Waals surface area (Å²) in [6, 6.07) is 0. The number of carbonyl (C=O) groups is 1. The molecule has 1 aliphatic carbocycles. The summed E-state index contributed by atoms with van der Waals surface area (Å²) in [5.74, 6) is 1.56. The van der Waals surface area contributed by atoms with E-state index in [4.69, 9.17) is 10.5 Å². The number of esters is 1. The fraction of sp³-hybridized carbons (Fsp3) is 0.571. The summed E-state index contributed by atoms with van der Waals surface area (Å²) in [7, 11) is 1.44. The van der Waals surface area contributed by atoms with E-state index in [-0.39, 0.29) is 11.9 Å². The van der Waals surface area contributed by atoms with Crippen molar-refractivity contribution in [3.8, 4) is 0 Å². The van der Waals surface area contributed by atoms with Crippen LogP contribution in [0.1, 0.15) is 43.1 Å². The Kier molecular flexibility index (Phi) is 3.48. The molecule has 0 amide bonds. The van der Waals surface area contributed by atoms with Gasteiger partial charge in [0.25, 0.3) is 0 Å². The van der Waals surface area contributed by atoms with Gasteiger partial charge in [-0.1, -0.05) is 0 Å². The van der Waals surface area contributed by atoms with Crippen LogP contribution in [0.25, 0.3) is 5.52 Å². The van der Waals surface area contributed by atoms with Crippen molar-refractivity contribution in [2.45, 2.75) is 38.5 Å². The molecule has 1 fully saturated rings. The predicted octanol–water partition coefficient (Wildman–Crippen LogP) is 1.46. The lowest BCUT2D eigenvalue weighted by molar-refractivity contribution is -0.146. The molecule has 2 aromatic rings. The Morgan fingerprint density at radius 3 is 2.76 bits per heavy atom. The highest BCUT2D eigenvalue weighted by Crippen LogP contribution is 2.36. The molecule has 0 aliphatic heterocycles. The zero-order valence-corrected chi connectivity index (χ0v) is 12.2. The zero-order chi connectivity index (χ0) is 15.0. The molecule has 0 unspecified atom stereocenters. The number of rotatable bonds is 2. The van der Waals surface area contributed by atoms with Crippen LogP contribution in [0.15, 0.2) is 6.33 Å². The molecule has 1 aliphatic rings. The number of aromatic nitrogens is 4. The third-order valence-corrected chi connectivity index (χ3v) is 4.29. The molecular formula is C14H19N5O2. The number of aryl methyl sites for hydroxylation is 1. The smallest absolute Gasteiger partial charge is 0.308 e. The number of methoxy groups -OCH3 is 1. The van der Waals surface area contributed by atoms with E-state index in [0.29, 0.717) is 11.7 Å². The van der Waals surface area contributed by atoms with Gasteiger partial charge in [-0.3, -0.25) is 4.79 Å². The zero-order valence-electron chi connectivity index (χ0n) is 12.2. The monoisotopic (exact) mass is 289 g/mol. The SMILES string of the molecule is COC(=O)[C@H]1CC[C@H](c2nc(C)c3c(N)ncnn32)CC1. The molecule has 1 saturated carbocycles. The van der Waals surface area contributed by atoms with Crippen molar-refractivity contribution in [2.75, 3.05) is 12.8 Å². The molecule has 112 valence electrons. The minimum absolute atomic E-state index is 0.0123. The van der Waals surface area contributed by atoms with Crippen LogP contribution in [0.2, 0.25) is 0 Å². The molecule has 0 atom stereocenters. The molecule has 3 rings (SSSR count). The number of nitrogen functional groups attached to an aromatic ring is 1. The van der Waals surface area contributed by atoms with Gasteiger partial charge in [0.05, 0.1) is 18.7 Å². The van der Waals surface area contributed by atoms with Crippen molar-refractivity contribution in [2.24, 2.45) is 5.92 Å². The Morgan fingerprint density at radius 2 is 2.10 bits per heavy atom. The minimum atomic E-state index is -0.107. The number of anilines is 1. The van der Waals surface area contributed by atoms with Gasteiger partial charge in [0.1, 0.15) is 17.7 Å². The first-order valence-electron chi connectivity index (χ1n) is 7.15. The third kappa shape index (κ3) is 2.32. The first-order chi connectivity index (χ1) is 10.1. The maximum Gasteiger partial charge on any atom is 0.308 e. The Balaban J connectivity index is 1.86. The molecular weight excluding hydrogens is 270 g/mol. The van der Waals surface area contributed by atoms with E-state index < -0.39 is 0 Å². The molecule has 0 bridgehead atoms. The summed E-state index contributed by atoms with van der Waals surface area (Å²) in [6.45, 7) is 1.92. The number of imidazole rings is 1. The van der Waals surface area contributed by atoms with Crippen molar-refractivity contribution in [1.82, 2.24) is 19.6 Å². The summed E-state index contributed by atoms with van der Waals surface area (Å²) >= 11 is 0. The number of hydrogen-bond acceptors (Lipinski definition) is 6. The van der Waals surface area contributed by atoms with Gasteiger partial charge in [-0.2, -0.15) is 5.10 Å². The van der Waals surface area contributed by atoms with Crippen LogP contribution >= 0.6 is 0 Å². The highest BCUT2D eigenvalue weighted by atomic mass is 16.5. The van der Waals surface area contributed by atoms with Crippen molar-refractivity contribution in [1.29, 1.82) is 0 Å².